The molecule has 2 aromatic carbocycles. The molecular weight excluding hydrogens is 684 g/mol. The van der Waals surface area contributed by atoms with E-state index in [1.165, 1.54) is 0 Å². The first kappa shape index (κ1) is 31.0. The first-order valence-corrected chi connectivity index (χ1v) is 16.0. The molecule has 0 unspecified atom stereocenters. The summed E-state index contributed by atoms with van der Waals surface area (Å²) in [6.07, 6.45) is 2.39. The summed E-state index contributed by atoms with van der Waals surface area (Å²) in [6, 6.07) is 9.14. The minimum atomic E-state index is -0.463. The summed E-state index contributed by atoms with van der Waals surface area (Å²) >= 11 is 13.5. The van der Waals surface area contributed by atoms with E-state index in [1.807, 2.05) is 32.2 Å². The zero-order valence-electron chi connectivity index (χ0n) is 24.7. The molecule has 5 rings (SSSR count). The highest BCUT2D eigenvalue weighted by Crippen LogP contribution is 2.54. The first-order valence-electron chi connectivity index (χ1n) is 14.0. The molecule has 0 bridgehead atoms. The second kappa shape index (κ2) is 11.3. The van der Waals surface area contributed by atoms with E-state index in [-0.39, 0.29) is 34.9 Å². The number of benzene rings is 2. The van der Waals surface area contributed by atoms with Gasteiger partial charge in [-0.15, -0.1) is 0 Å². The van der Waals surface area contributed by atoms with E-state index >= 15 is 0 Å². The highest BCUT2D eigenvalue weighted by molar-refractivity contribution is 9.11. The van der Waals surface area contributed by atoms with Crippen LogP contribution in [0.2, 0.25) is 5.02 Å². The molecule has 0 saturated heterocycles. The zero-order chi connectivity index (χ0) is 30.7. The Kier molecular flexibility index (Phi) is 8.31. The summed E-state index contributed by atoms with van der Waals surface area (Å²) in [6.45, 7) is 10.2. The van der Waals surface area contributed by atoms with Crippen LogP contribution in [-0.4, -0.2) is 36.0 Å². The summed E-state index contributed by atoms with van der Waals surface area (Å²) in [7, 11) is 2.00. The average Bonchev–Trinajstić information content (AvgIpc) is 2.85. The molecule has 1 N–H and O–H groups in total. The Hall–Kier alpha value is -2.42. The molecule has 3 aliphatic rings. The van der Waals surface area contributed by atoms with Gasteiger partial charge in [0.25, 0.3) is 5.91 Å². The lowest BCUT2D eigenvalue weighted by molar-refractivity contribution is -0.120. The number of anilines is 1. The van der Waals surface area contributed by atoms with E-state index in [0.717, 1.165) is 35.4 Å². The quantitative estimate of drug-likeness (QED) is 0.336. The molecule has 0 atom stereocenters. The molecule has 6 nitrogen and oxygen atoms in total. The lowest BCUT2D eigenvalue weighted by atomic mass is 9.64. The summed E-state index contributed by atoms with van der Waals surface area (Å²) in [5.41, 5.74) is 5.45. The van der Waals surface area contributed by atoms with Crippen LogP contribution in [0.4, 0.5) is 5.69 Å². The number of carbonyl (C=O) groups excluding carboxylic acids is 3. The van der Waals surface area contributed by atoms with Crippen molar-refractivity contribution in [1.29, 1.82) is 0 Å². The minimum absolute atomic E-state index is 0.0859. The highest BCUT2D eigenvalue weighted by Gasteiger charge is 2.48. The van der Waals surface area contributed by atoms with E-state index < -0.39 is 5.92 Å². The number of hydrogen-bond donors (Lipinski definition) is 1. The fourth-order valence-corrected chi connectivity index (χ4v) is 8.02. The number of amides is 1. The Bertz CT molecular complexity index is 1510. The van der Waals surface area contributed by atoms with Crippen LogP contribution >= 0.6 is 43.5 Å². The van der Waals surface area contributed by atoms with Crippen LogP contribution in [0.3, 0.4) is 0 Å². The van der Waals surface area contributed by atoms with E-state index in [1.54, 1.807) is 12.1 Å². The Morgan fingerprint density at radius 3 is 1.98 bits per heavy atom. The van der Waals surface area contributed by atoms with Crippen LogP contribution in [-0.2, 0) is 14.4 Å². The van der Waals surface area contributed by atoms with Crippen LogP contribution < -0.4 is 10.1 Å². The van der Waals surface area contributed by atoms with Gasteiger partial charge in [0.1, 0.15) is 5.75 Å². The molecule has 42 heavy (non-hydrogen) atoms. The Labute approximate surface area is 269 Å². The van der Waals surface area contributed by atoms with Gasteiger partial charge in [0.2, 0.25) is 0 Å². The predicted octanol–water partition coefficient (Wildman–Crippen LogP) is 8.51. The lowest BCUT2D eigenvalue weighted by Gasteiger charge is -2.48. The standard InChI is InChI=1S/C33H35Br2ClN2O4/c1-17-7-8-19(11-22(17)36)37-27(41)16-42-31-20(34)9-18(10-21(31)35)28-29-23(12-32(2,3)14-25(29)39)38(6)24-13-33(4,5)15-26(40)30(24)28/h7-11,28H,12-16H2,1-6H3,(H,37,41). The van der Waals surface area contributed by atoms with Crippen molar-refractivity contribution in [3.05, 3.63) is 78.0 Å². The van der Waals surface area contributed by atoms with Gasteiger partial charge in [-0.2, -0.15) is 0 Å². The van der Waals surface area contributed by atoms with Crippen molar-refractivity contribution in [2.45, 2.75) is 66.2 Å². The number of ketones is 2. The van der Waals surface area contributed by atoms with Crippen molar-refractivity contribution < 1.29 is 19.1 Å². The van der Waals surface area contributed by atoms with Gasteiger partial charge in [0, 0.05) is 59.1 Å². The Morgan fingerprint density at radius 1 is 0.952 bits per heavy atom. The number of Topliss-reactive ketones (excluding diaryl/α,β-unsaturated/α-hetero) is 2. The third-order valence-corrected chi connectivity index (χ3v) is 9.92. The molecule has 1 heterocycles. The molecule has 222 valence electrons. The summed E-state index contributed by atoms with van der Waals surface area (Å²) in [5.74, 6) is -0.164. The molecular formula is C33H35Br2ClN2O4. The molecule has 9 heteroatoms. The highest BCUT2D eigenvalue weighted by atomic mass is 79.9. The number of ether oxygens (including phenoxy) is 1. The molecule has 1 amide bonds. The number of aryl methyl sites for hydroxylation is 1. The maximum atomic E-state index is 13.8. The van der Waals surface area contributed by atoms with Crippen LogP contribution in [0.1, 0.15) is 70.4 Å². The normalized spacial score (nSPS) is 20.0. The number of carbonyl (C=O) groups is 3. The summed E-state index contributed by atoms with van der Waals surface area (Å²) in [4.78, 5) is 42.3. The van der Waals surface area contributed by atoms with Crippen molar-refractivity contribution in [2.24, 2.45) is 10.8 Å². The molecule has 0 saturated carbocycles. The van der Waals surface area contributed by atoms with Gasteiger partial charge >= 0.3 is 0 Å². The van der Waals surface area contributed by atoms with Gasteiger partial charge in [-0.25, -0.2) is 0 Å². The van der Waals surface area contributed by atoms with Crippen LogP contribution in [0, 0.1) is 17.8 Å². The fourth-order valence-electron chi connectivity index (χ4n) is 6.39. The van der Waals surface area contributed by atoms with Gasteiger partial charge in [0.05, 0.1) is 8.95 Å². The maximum Gasteiger partial charge on any atom is 0.262 e. The van der Waals surface area contributed by atoms with E-state index in [4.69, 9.17) is 16.3 Å². The van der Waals surface area contributed by atoms with E-state index in [2.05, 4.69) is 69.8 Å². The van der Waals surface area contributed by atoms with Crippen LogP contribution in [0.5, 0.6) is 5.75 Å². The van der Waals surface area contributed by atoms with E-state index in [0.29, 0.717) is 49.4 Å². The molecule has 2 aromatic rings. The Morgan fingerprint density at radius 2 is 1.48 bits per heavy atom. The SMILES string of the molecule is Cc1ccc(NC(=O)COc2c(Br)cc(C3C4=C(CC(C)(C)CC4=O)N(C)C4=C3C(=O)CC(C)(C)C4)cc2Br)cc1Cl. The van der Waals surface area contributed by atoms with Crippen LogP contribution in [0.25, 0.3) is 0 Å². The molecule has 0 aromatic heterocycles. The summed E-state index contributed by atoms with van der Waals surface area (Å²) < 4.78 is 7.16. The van der Waals surface area contributed by atoms with Crippen LogP contribution in [0.15, 0.2) is 61.8 Å². The van der Waals surface area contributed by atoms with Crippen molar-refractivity contribution in [1.82, 2.24) is 4.90 Å². The van der Waals surface area contributed by atoms with Crippen molar-refractivity contribution in [3.8, 4) is 5.75 Å². The monoisotopic (exact) mass is 716 g/mol. The van der Waals surface area contributed by atoms with Gasteiger partial charge < -0.3 is 15.0 Å². The fraction of sp³-hybridized carbons (Fsp3) is 0.424. The smallest absolute Gasteiger partial charge is 0.262 e. The van der Waals surface area contributed by atoms with Gasteiger partial charge in [-0.1, -0.05) is 45.4 Å². The number of allylic oxidation sites excluding steroid dienone is 4. The van der Waals surface area contributed by atoms with Gasteiger partial charge in [0.15, 0.2) is 18.2 Å². The maximum absolute atomic E-state index is 13.8. The number of nitrogens with one attached hydrogen (secondary N) is 1. The van der Waals surface area contributed by atoms with Crippen molar-refractivity contribution in [3.63, 3.8) is 0 Å². The molecule has 1 aliphatic heterocycles. The molecule has 0 fully saturated rings. The number of rotatable bonds is 5. The average molecular weight is 719 g/mol. The number of hydrogen-bond acceptors (Lipinski definition) is 5. The largest absolute Gasteiger partial charge is 0.481 e. The van der Waals surface area contributed by atoms with Crippen molar-refractivity contribution >= 4 is 66.6 Å². The second-order valence-electron chi connectivity index (χ2n) is 13.2. The number of nitrogens with zero attached hydrogens (tertiary/aromatic N) is 1. The lowest BCUT2D eigenvalue weighted by Crippen LogP contribution is -2.43. The van der Waals surface area contributed by atoms with Gasteiger partial charge in [-0.3, -0.25) is 14.4 Å². The third kappa shape index (κ3) is 6.00. The first-order chi connectivity index (χ1) is 19.6. The Balaban J connectivity index is 1.49. The second-order valence-corrected chi connectivity index (χ2v) is 15.3. The third-order valence-electron chi connectivity index (χ3n) is 8.34. The molecule has 2 aliphatic carbocycles. The molecule has 0 radical (unpaired) electrons. The van der Waals surface area contributed by atoms with E-state index in [9.17, 15) is 14.4 Å². The molecule has 0 spiro atoms. The predicted molar refractivity (Wildman–Crippen MR) is 173 cm³/mol. The zero-order valence-corrected chi connectivity index (χ0v) is 28.6. The topological polar surface area (TPSA) is 75.7 Å². The minimum Gasteiger partial charge on any atom is -0.481 e. The summed E-state index contributed by atoms with van der Waals surface area (Å²) in [5, 5.41) is 3.37. The van der Waals surface area contributed by atoms with Crippen molar-refractivity contribution in [2.75, 3.05) is 19.0 Å². The number of halogens is 3. The van der Waals surface area contributed by atoms with Gasteiger partial charge in [-0.05, 0) is 97.8 Å².